The first-order chi connectivity index (χ1) is 6.85. The molecule has 0 unspecified atom stereocenters. The van der Waals surface area contributed by atoms with Gasteiger partial charge in [0.1, 0.15) is 5.60 Å². The van der Waals surface area contributed by atoms with Crippen molar-refractivity contribution in [3.63, 3.8) is 0 Å². The van der Waals surface area contributed by atoms with E-state index in [0.29, 0.717) is 18.3 Å². The van der Waals surface area contributed by atoms with Gasteiger partial charge in [-0.05, 0) is 27.0 Å². The van der Waals surface area contributed by atoms with Crippen molar-refractivity contribution in [1.29, 1.82) is 0 Å². The van der Waals surface area contributed by atoms with Crippen LogP contribution < -0.4 is 11.1 Å². The van der Waals surface area contributed by atoms with Crippen LogP contribution in [0.4, 0.5) is 4.79 Å². The van der Waals surface area contributed by atoms with Crippen molar-refractivity contribution in [2.45, 2.75) is 26.4 Å². The molecule has 5 nitrogen and oxygen atoms in total. The average Bonchev–Trinajstić information content (AvgIpc) is 2.09. The van der Waals surface area contributed by atoms with Crippen molar-refractivity contribution in [2.75, 3.05) is 19.3 Å². The van der Waals surface area contributed by atoms with Crippen LogP contribution in [0.2, 0.25) is 0 Å². The lowest BCUT2D eigenvalue weighted by Crippen LogP contribution is -2.33. The van der Waals surface area contributed by atoms with E-state index in [-0.39, 0.29) is 0 Å². The lowest BCUT2D eigenvalue weighted by atomic mass is 10.2. The minimum atomic E-state index is -0.467. The minimum absolute atomic E-state index is 0.427. The van der Waals surface area contributed by atoms with Crippen LogP contribution >= 0.6 is 11.8 Å². The van der Waals surface area contributed by atoms with Gasteiger partial charge < -0.3 is 15.8 Å². The van der Waals surface area contributed by atoms with Gasteiger partial charge in [-0.3, -0.25) is 4.99 Å². The topological polar surface area (TPSA) is 76.7 Å². The summed E-state index contributed by atoms with van der Waals surface area (Å²) in [5, 5.41) is 3.10. The number of hydrogen-bond acceptors (Lipinski definition) is 4. The minimum Gasteiger partial charge on any atom is -0.444 e. The van der Waals surface area contributed by atoms with E-state index in [2.05, 4.69) is 10.3 Å². The number of carbonyl (C=O) groups excluding carboxylic acids is 1. The highest BCUT2D eigenvalue weighted by Crippen LogP contribution is 2.05. The second-order valence-corrected chi connectivity index (χ2v) is 4.68. The fourth-order valence-electron chi connectivity index (χ4n) is 0.703. The maximum atomic E-state index is 11.2. The molecule has 0 aromatic rings. The first-order valence-corrected chi connectivity index (χ1v) is 5.88. The van der Waals surface area contributed by atoms with Crippen LogP contribution in [0.3, 0.4) is 0 Å². The van der Waals surface area contributed by atoms with Crippen LogP contribution in [0.25, 0.3) is 0 Å². The van der Waals surface area contributed by atoms with E-state index in [1.54, 1.807) is 0 Å². The van der Waals surface area contributed by atoms with E-state index in [0.717, 1.165) is 0 Å². The molecule has 0 aromatic carbocycles. The number of amides is 1. The molecule has 0 radical (unpaired) electrons. The molecule has 15 heavy (non-hydrogen) atoms. The molecule has 0 spiro atoms. The van der Waals surface area contributed by atoms with Gasteiger partial charge in [-0.25, -0.2) is 4.79 Å². The lowest BCUT2D eigenvalue weighted by molar-refractivity contribution is 0.0529. The molecule has 1 amide bonds. The number of thioether (sulfide) groups is 1. The van der Waals surface area contributed by atoms with E-state index in [1.807, 2.05) is 27.0 Å². The van der Waals surface area contributed by atoms with E-state index < -0.39 is 11.7 Å². The molecule has 0 aromatic heterocycles. The van der Waals surface area contributed by atoms with Crippen LogP contribution in [0.15, 0.2) is 4.99 Å². The zero-order valence-electron chi connectivity index (χ0n) is 9.66. The Kier molecular flexibility index (Phi) is 6.15. The smallest absolute Gasteiger partial charge is 0.407 e. The summed E-state index contributed by atoms with van der Waals surface area (Å²) in [6.07, 6.45) is 1.42. The Morgan fingerprint density at radius 3 is 2.60 bits per heavy atom. The number of rotatable bonds is 3. The number of alkyl carbamates (subject to hydrolysis) is 1. The predicted octanol–water partition coefficient (Wildman–Crippen LogP) is 1.19. The van der Waals surface area contributed by atoms with Gasteiger partial charge in [-0.2, -0.15) is 0 Å². The quantitative estimate of drug-likeness (QED) is 0.436. The summed E-state index contributed by atoms with van der Waals surface area (Å²) >= 11 is 1.38. The summed E-state index contributed by atoms with van der Waals surface area (Å²) in [6, 6.07) is 0. The summed E-state index contributed by atoms with van der Waals surface area (Å²) in [4.78, 5) is 15.2. The lowest BCUT2D eigenvalue weighted by Gasteiger charge is -2.19. The van der Waals surface area contributed by atoms with Crippen molar-refractivity contribution < 1.29 is 9.53 Å². The molecule has 6 heteroatoms. The van der Waals surface area contributed by atoms with Gasteiger partial charge in [0.2, 0.25) is 0 Å². The van der Waals surface area contributed by atoms with Gasteiger partial charge in [-0.1, -0.05) is 11.8 Å². The molecule has 0 saturated heterocycles. The summed E-state index contributed by atoms with van der Waals surface area (Å²) in [7, 11) is 0. The Hall–Kier alpha value is -0.910. The molecule has 0 atom stereocenters. The maximum Gasteiger partial charge on any atom is 0.407 e. The number of nitrogens with two attached hydrogens (primary N) is 1. The van der Waals surface area contributed by atoms with Gasteiger partial charge in [0.15, 0.2) is 5.17 Å². The van der Waals surface area contributed by atoms with Crippen molar-refractivity contribution >= 4 is 23.0 Å². The molecule has 0 aliphatic carbocycles. The summed E-state index contributed by atoms with van der Waals surface area (Å²) < 4.78 is 5.04. The number of aliphatic imine (C=N–C) groups is 1. The fraction of sp³-hybridized carbons (Fsp3) is 0.778. The molecule has 88 valence electrons. The van der Waals surface area contributed by atoms with Gasteiger partial charge in [-0.15, -0.1) is 0 Å². The highest BCUT2D eigenvalue weighted by atomic mass is 32.2. The second kappa shape index (κ2) is 6.55. The van der Waals surface area contributed by atoms with Crippen LogP contribution in [0.1, 0.15) is 20.8 Å². The largest absolute Gasteiger partial charge is 0.444 e. The summed E-state index contributed by atoms with van der Waals surface area (Å²) in [5.74, 6) is 0. The molecule has 0 fully saturated rings. The third kappa shape index (κ3) is 9.40. The number of carbonyl (C=O) groups is 1. The van der Waals surface area contributed by atoms with Crippen LogP contribution in [0.5, 0.6) is 0 Å². The zero-order chi connectivity index (χ0) is 11.9. The average molecular weight is 233 g/mol. The van der Waals surface area contributed by atoms with Crippen LogP contribution in [-0.4, -0.2) is 36.2 Å². The van der Waals surface area contributed by atoms with Gasteiger partial charge in [0.05, 0.1) is 6.54 Å². The summed E-state index contributed by atoms with van der Waals surface area (Å²) in [5.41, 5.74) is 4.99. The Morgan fingerprint density at radius 1 is 1.53 bits per heavy atom. The van der Waals surface area contributed by atoms with E-state index in [4.69, 9.17) is 10.5 Å². The van der Waals surface area contributed by atoms with E-state index in [9.17, 15) is 4.79 Å². The third-order valence-corrected chi connectivity index (χ3v) is 1.80. The first kappa shape index (κ1) is 14.1. The van der Waals surface area contributed by atoms with E-state index >= 15 is 0 Å². The number of hydrogen-bond donors (Lipinski definition) is 2. The third-order valence-electron chi connectivity index (χ3n) is 1.26. The van der Waals surface area contributed by atoms with Gasteiger partial charge in [0, 0.05) is 6.54 Å². The molecule has 0 aliphatic heterocycles. The monoisotopic (exact) mass is 233 g/mol. The number of amidine groups is 1. The molecule has 0 saturated carbocycles. The number of nitrogens with one attached hydrogen (secondary N) is 1. The van der Waals surface area contributed by atoms with Gasteiger partial charge in [0.25, 0.3) is 0 Å². The SMILES string of the molecule is CSC(N)=NCCNC(=O)OC(C)(C)C. The van der Waals surface area contributed by atoms with Crippen molar-refractivity contribution in [3.05, 3.63) is 0 Å². The predicted molar refractivity (Wildman–Crippen MR) is 64.2 cm³/mol. The molecular formula is C9H19N3O2S. The second-order valence-electron chi connectivity index (χ2n) is 3.85. The Morgan fingerprint density at radius 2 is 2.13 bits per heavy atom. The van der Waals surface area contributed by atoms with E-state index in [1.165, 1.54) is 11.8 Å². The van der Waals surface area contributed by atoms with Crippen LogP contribution in [-0.2, 0) is 4.74 Å². The Labute approximate surface area is 94.8 Å². The molecule has 0 rings (SSSR count). The Balaban J connectivity index is 3.65. The van der Waals surface area contributed by atoms with Crippen LogP contribution in [0, 0.1) is 0 Å². The van der Waals surface area contributed by atoms with Crippen molar-refractivity contribution in [2.24, 2.45) is 10.7 Å². The van der Waals surface area contributed by atoms with Crippen molar-refractivity contribution in [3.8, 4) is 0 Å². The standard InChI is InChI=1S/C9H19N3O2S/c1-9(2,3)14-8(13)12-6-5-11-7(10)15-4/h5-6H2,1-4H3,(H2,10,11)(H,12,13). The number of nitrogens with zero attached hydrogens (tertiary/aromatic N) is 1. The maximum absolute atomic E-state index is 11.2. The Bertz CT molecular complexity index is 236. The highest BCUT2D eigenvalue weighted by Gasteiger charge is 2.15. The molecule has 0 heterocycles. The molecule has 0 aliphatic rings. The molecule has 3 N–H and O–H groups in total. The fourth-order valence-corrected chi connectivity index (χ4v) is 0.923. The van der Waals surface area contributed by atoms with Crippen molar-refractivity contribution in [1.82, 2.24) is 5.32 Å². The molecular weight excluding hydrogens is 214 g/mol. The molecule has 0 bridgehead atoms. The summed E-state index contributed by atoms with van der Waals surface area (Å²) in [6.45, 7) is 6.34. The zero-order valence-corrected chi connectivity index (χ0v) is 10.5. The first-order valence-electron chi connectivity index (χ1n) is 4.66. The normalized spacial score (nSPS) is 12.4. The van der Waals surface area contributed by atoms with Gasteiger partial charge >= 0.3 is 6.09 Å². The number of ether oxygens (including phenoxy) is 1. The highest BCUT2D eigenvalue weighted by molar-refractivity contribution is 8.13.